The second-order valence-corrected chi connectivity index (χ2v) is 4.05. The predicted octanol–water partition coefficient (Wildman–Crippen LogP) is 3.64. The Morgan fingerprint density at radius 2 is 1.82 bits per heavy atom. The van der Waals surface area contributed by atoms with Crippen molar-refractivity contribution in [1.82, 2.24) is 0 Å². The van der Waals surface area contributed by atoms with Crippen LogP contribution in [0.2, 0.25) is 0 Å². The van der Waals surface area contributed by atoms with Crippen molar-refractivity contribution < 1.29 is 9.47 Å². The molecule has 0 heterocycles. The van der Waals surface area contributed by atoms with E-state index in [4.69, 9.17) is 9.47 Å². The van der Waals surface area contributed by atoms with Crippen molar-refractivity contribution in [3.63, 3.8) is 0 Å². The van der Waals surface area contributed by atoms with Gasteiger partial charge in [-0.25, -0.2) is 0 Å². The summed E-state index contributed by atoms with van der Waals surface area (Å²) < 4.78 is 11.1. The van der Waals surface area contributed by atoms with Gasteiger partial charge in [-0.2, -0.15) is 0 Å². The topological polar surface area (TPSA) is 18.5 Å². The van der Waals surface area contributed by atoms with Gasteiger partial charge in [0, 0.05) is 12.5 Å². The van der Waals surface area contributed by atoms with Gasteiger partial charge in [0.25, 0.3) is 0 Å². The van der Waals surface area contributed by atoms with Crippen molar-refractivity contribution in [3.8, 4) is 5.75 Å². The quantitative estimate of drug-likeness (QED) is 0.780. The molecule has 0 spiro atoms. The van der Waals surface area contributed by atoms with Gasteiger partial charge in [-0.15, -0.1) is 0 Å². The molecule has 0 amide bonds. The molecule has 0 aliphatic heterocycles. The zero-order chi connectivity index (χ0) is 12.1. The van der Waals surface area contributed by atoms with Gasteiger partial charge in [0.15, 0.2) is 0 Å². The van der Waals surface area contributed by atoms with Gasteiger partial charge in [-0.1, -0.05) is 43.3 Å². The highest BCUT2D eigenvalue weighted by Crippen LogP contribution is 2.25. The van der Waals surface area contributed by atoms with E-state index in [-0.39, 0.29) is 6.10 Å². The van der Waals surface area contributed by atoms with Crippen LogP contribution in [0.3, 0.4) is 0 Å². The number of hydrogen-bond donors (Lipinski definition) is 0. The summed E-state index contributed by atoms with van der Waals surface area (Å²) in [6.45, 7) is 2.70. The first-order valence-electron chi connectivity index (χ1n) is 5.98. The van der Waals surface area contributed by atoms with Crippen molar-refractivity contribution in [2.45, 2.75) is 19.4 Å². The number of fused-ring (bicyclic) bond motifs is 1. The van der Waals surface area contributed by atoms with Crippen molar-refractivity contribution in [2.75, 3.05) is 13.7 Å². The number of benzene rings is 2. The van der Waals surface area contributed by atoms with Crippen molar-refractivity contribution in [3.05, 3.63) is 42.5 Å². The van der Waals surface area contributed by atoms with Crippen LogP contribution in [0.4, 0.5) is 0 Å². The summed E-state index contributed by atoms with van der Waals surface area (Å²) in [5.41, 5.74) is 0. The van der Waals surface area contributed by atoms with E-state index in [2.05, 4.69) is 25.1 Å². The first-order chi connectivity index (χ1) is 8.35. The Labute approximate surface area is 102 Å². The molecule has 0 N–H and O–H groups in total. The lowest BCUT2D eigenvalue weighted by Crippen LogP contribution is -2.19. The molecule has 1 unspecified atom stereocenters. The van der Waals surface area contributed by atoms with E-state index in [1.54, 1.807) is 7.11 Å². The maximum atomic E-state index is 5.84. The molecule has 0 saturated carbocycles. The molecule has 0 saturated heterocycles. The van der Waals surface area contributed by atoms with Gasteiger partial charge in [0.1, 0.15) is 12.4 Å². The fourth-order valence-electron chi connectivity index (χ4n) is 1.86. The fourth-order valence-corrected chi connectivity index (χ4v) is 1.86. The van der Waals surface area contributed by atoms with Crippen LogP contribution in [0.25, 0.3) is 10.8 Å². The number of ether oxygens (including phenoxy) is 2. The van der Waals surface area contributed by atoms with E-state index >= 15 is 0 Å². The highest BCUT2D eigenvalue weighted by molar-refractivity contribution is 5.88. The molecule has 1 atom stereocenters. The molecule has 0 bridgehead atoms. The van der Waals surface area contributed by atoms with Crippen LogP contribution in [0.5, 0.6) is 5.75 Å². The third kappa shape index (κ3) is 2.77. The highest BCUT2D eigenvalue weighted by atomic mass is 16.5. The molecule has 0 radical (unpaired) electrons. The first kappa shape index (κ1) is 11.9. The van der Waals surface area contributed by atoms with Gasteiger partial charge < -0.3 is 9.47 Å². The lowest BCUT2D eigenvalue weighted by atomic mass is 10.1. The Bertz CT molecular complexity index is 470. The number of methoxy groups -OCH3 is 1. The van der Waals surface area contributed by atoms with Crippen LogP contribution >= 0.6 is 0 Å². The second-order valence-electron chi connectivity index (χ2n) is 4.05. The van der Waals surface area contributed by atoms with Crippen LogP contribution in [0.15, 0.2) is 42.5 Å². The summed E-state index contributed by atoms with van der Waals surface area (Å²) in [6.07, 6.45) is 1.12. The first-order valence-corrected chi connectivity index (χ1v) is 5.98. The van der Waals surface area contributed by atoms with Crippen LogP contribution < -0.4 is 4.74 Å². The van der Waals surface area contributed by atoms with Crippen LogP contribution in [-0.2, 0) is 4.74 Å². The van der Waals surface area contributed by atoms with E-state index in [0.29, 0.717) is 6.61 Å². The number of rotatable bonds is 5. The van der Waals surface area contributed by atoms with Crippen molar-refractivity contribution in [1.29, 1.82) is 0 Å². The molecular weight excluding hydrogens is 212 g/mol. The molecule has 17 heavy (non-hydrogen) atoms. The minimum atomic E-state index is 0.161. The zero-order valence-electron chi connectivity index (χ0n) is 10.3. The summed E-state index contributed by atoms with van der Waals surface area (Å²) in [7, 11) is 1.72. The van der Waals surface area contributed by atoms with E-state index < -0.39 is 0 Å². The second kappa shape index (κ2) is 5.69. The van der Waals surface area contributed by atoms with Gasteiger partial charge in [-0.05, 0) is 17.9 Å². The molecule has 0 aromatic heterocycles. The Kier molecular flexibility index (Phi) is 3.99. The van der Waals surface area contributed by atoms with E-state index in [1.165, 1.54) is 5.39 Å². The summed E-state index contributed by atoms with van der Waals surface area (Å²) in [6, 6.07) is 14.4. The van der Waals surface area contributed by atoms with Crippen molar-refractivity contribution in [2.24, 2.45) is 0 Å². The normalized spacial score (nSPS) is 12.6. The third-order valence-corrected chi connectivity index (χ3v) is 2.96. The van der Waals surface area contributed by atoms with Crippen molar-refractivity contribution >= 4 is 10.8 Å². The van der Waals surface area contributed by atoms with Gasteiger partial charge >= 0.3 is 0 Å². The lowest BCUT2D eigenvalue weighted by Gasteiger charge is -2.15. The summed E-state index contributed by atoms with van der Waals surface area (Å²) in [4.78, 5) is 0. The smallest absolute Gasteiger partial charge is 0.127 e. The Hall–Kier alpha value is -1.54. The SMILES string of the molecule is CCC(COc1cccc2ccccc12)OC. The largest absolute Gasteiger partial charge is 0.490 e. The average molecular weight is 230 g/mol. The summed E-state index contributed by atoms with van der Waals surface area (Å²) >= 11 is 0. The Morgan fingerprint density at radius 1 is 1.06 bits per heavy atom. The lowest BCUT2D eigenvalue weighted by molar-refractivity contribution is 0.0561. The molecule has 90 valence electrons. The molecule has 2 aromatic rings. The molecule has 0 aliphatic carbocycles. The molecule has 2 heteroatoms. The average Bonchev–Trinajstić information content (AvgIpc) is 2.40. The standard InChI is InChI=1S/C15H18O2/c1-3-13(16-2)11-17-15-10-6-8-12-7-4-5-9-14(12)15/h4-10,13H,3,11H2,1-2H3. The Morgan fingerprint density at radius 3 is 2.59 bits per heavy atom. The molecule has 0 aliphatic rings. The predicted molar refractivity (Wildman–Crippen MR) is 70.5 cm³/mol. The highest BCUT2D eigenvalue weighted by Gasteiger charge is 2.06. The third-order valence-electron chi connectivity index (χ3n) is 2.96. The number of hydrogen-bond acceptors (Lipinski definition) is 2. The van der Waals surface area contributed by atoms with Crippen LogP contribution in [0, 0.1) is 0 Å². The Balaban J connectivity index is 2.18. The minimum Gasteiger partial charge on any atom is -0.490 e. The summed E-state index contributed by atoms with van der Waals surface area (Å²) in [5.74, 6) is 0.929. The molecule has 0 fully saturated rings. The summed E-state index contributed by atoms with van der Waals surface area (Å²) in [5, 5.41) is 2.36. The van der Waals surface area contributed by atoms with Crippen LogP contribution in [0.1, 0.15) is 13.3 Å². The van der Waals surface area contributed by atoms with E-state index in [0.717, 1.165) is 17.6 Å². The fraction of sp³-hybridized carbons (Fsp3) is 0.333. The van der Waals surface area contributed by atoms with E-state index in [1.807, 2.05) is 24.3 Å². The molecule has 2 rings (SSSR count). The minimum absolute atomic E-state index is 0.161. The van der Waals surface area contributed by atoms with Gasteiger partial charge in [0.05, 0.1) is 6.10 Å². The molecule has 2 nitrogen and oxygen atoms in total. The van der Waals surface area contributed by atoms with Gasteiger partial charge in [-0.3, -0.25) is 0 Å². The van der Waals surface area contributed by atoms with Crippen LogP contribution in [-0.4, -0.2) is 19.8 Å². The maximum absolute atomic E-state index is 5.84. The zero-order valence-corrected chi connectivity index (χ0v) is 10.3. The van der Waals surface area contributed by atoms with Gasteiger partial charge in [0.2, 0.25) is 0 Å². The van der Waals surface area contributed by atoms with E-state index in [9.17, 15) is 0 Å². The maximum Gasteiger partial charge on any atom is 0.127 e. The molecule has 2 aromatic carbocycles. The monoisotopic (exact) mass is 230 g/mol. The molecular formula is C15H18O2.